The van der Waals surface area contributed by atoms with Crippen LogP contribution in [0.25, 0.3) is 0 Å². The van der Waals surface area contributed by atoms with Gasteiger partial charge in [-0.15, -0.1) is 0 Å². The van der Waals surface area contributed by atoms with Crippen molar-refractivity contribution in [2.24, 2.45) is 0 Å². The van der Waals surface area contributed by atoms with Crippen LogP contribution in [-0.2, 0) is 16.6 Å². The number of amides is 1. The first-order valence-electron chi connectivity index (χ1n) is 8.51. The molecule has 138 valence electrons. The van der Waals surface area contributed by atoms with Crippen molar-refractivity contribution in [2.45, 2.75) is 19.4 Å². The number of hydrogen-bond donors (Lipinski definition) is 1. The largest absolute Gasteiger partial charge is 0.497 e. The second-order valence-corrected chi connectivity index (χ2v) is 8.19. The molecule has 1 aliphatic rings. The zero-order chi connectivity index (χ0) is 18.6. The molecule has 2 aromatic carbocycles. The molecule has 1 aliphatic heterocycles. The van der Waals surface area contributed by atoms with E-state index >= 15 is 0 Å². The van der Waals surface area contributed by atoms with Gasteiger partial charge in [0.25, 0.3) is 5.91 Å². The van der Waals surface area contributed by atoms with Gasteiger partial charge in [0.2, 0.25) is 10.0 Å². The van der Waals surface area contributed by atoms with Crippen LogP contribution < -0.4 is 14.4 Å². The highest BCUT2D eigenvalue weighted by Gasteiger charge is 2.26. The highest BCUT2D eigenvalue weighted by molar-refractivity contribution is 7.92. The second kappa shape index (κ2) is 7.78. The maximum absolute atomic E-state index is 12.4. The molecule has 1 N–H and O–H groups in total. The predicted molar refractivity (Wildman–Crippen MR) is 101 cm³/mol. The van der Waals surface area contributed by atoms with Crippen molar-refractivity contribution < 1.29 is 17.9 Å². The van der Waals surface area contributed by atoms with Gasteiger partial charge >= 0.3 is 0 Å². The van der Waals surface area contributed by atoms with E-state index in [0.29, 0.717) is 30.8 Å². The molecular weight excluding hydrogens is 352 g/mol. The Hall–Kier alpha value is -2.54. The number of methoxy groups -OCH3 is 1. The van der Waals surface area contributed by atoms with E-state index in [1.165, 1.54) is 4.31 Å². The molecule has 6 nitrogen and oxygen atoms in total. The van der Waals surface area contributed by atoms with Crippen molar-refractivity contribution in [1.29, 1.82) is 0 Å². The first kappa shape index (κ1) is 18.3. The summed E-state index contributed by atoms with van der Waals surface area (Å²) in [5.74, 6) is 0.675. The Morgan fingerprint density at radius 1 is 1.15 bits per heavy atom. The topological polar surface area (TPSA) is 75.7 Å². The van der Waals surface area contributed by atoms with Gasteiger partial charge < -0.3 is 10.1 Å². The molecule has 0 aromatic heterocycles. The Morgan fingerprint density at radius 2 is 1.92 bits per heavy atom. The quantitative estimate of drug-likeness (QED) is 0.873. The summed E-state index contributed by atoms with van der Waals surface area (Å²) in [4.78, 5) is 12.4. The number of nitrogens with one attached hydrogen (secondary N) is 1. The van der Waals surface area contributed by atoms with E-state index in [0.717, 1.165) is 17.7 Å². The van der Waals surface area contributed by atoms with Gasteiger partial charge in [0, 0.05) is 18.7 Å². The summed E-state index contributed by atoms with van der Waals surface area (Å²) in [5, 5.41) is 2.86. The number of ether oxygens (including phenoxy) is 1. The number of hydrogen-bond acceptors (Lipinski definition) is 4. The van der Waals surface area contributed by atoms with Gasteiger partial charge in [-0.2, -0.15) is 0 Å². The lowest BCUT2D eigenvalue weighted by Gasteiger charge is -2.28. The van der Waals surface area contributed by atoms with E-state index in [2.05, 4.69) is 5.32 Å². The predicted octanol–water partition coefficient (Wildman–Crippen LogP) is 2.56. The Bertz CT molecular complexity index is 879. The molecule has 1 saturated heterocycles. The number of rotatable bonds is 5. The van der Waals surface area contributed by atoms with Crippen LogP contribution in [-0.4, -0.2) is 33.7 Å². The van der Waals surface area contributed by atoms with Crippen LogP contribution in [0.3, 0.4) is 0 Å². The van der Waals surface area contributed by atoms with Crippen molar-refractivity contribution in [3.63, 3.8) is 0 Å². The summed E-state index contributed by atoms with van der Waals surface area (Å²) in [7, 11) is -1.69. The van der Waals surface area contributed by atoms with Gasteiger partial charge in [-0.3, -0.25) is 9.10 Å². The lowest BCUT2D eigenvalue weighted by atomic mass is 10.1. The Morgan fingerprint density at radius 3 is 2.62 bits per heavy atom. The van der Waals surface area contributed by atoms with Gasteiger partial charge in [-0.05, 0) is 48.7 Å². The fraction of sp³-hybridized carbons (Fsp3) is 0.316. The third-order valence-corrected chi connectivity index (χ3v) is 6.23. The smallest absolute Gasteiger partial charge is 0.251 e. The van der Waals surface area contributed by atoms with Crippen molar-refractivity contribution in [3.05, 3.63) is 59.7 Å². The molecule has 0 spiro atoms. The van der Waals surface area contributed by atoms with Crippen LogP contribution in [0.1, 0.15) is 28.8 Å². The number of carbonyl (C=O) groups is 1. The first-order valence-corrected chi connectivity index (χ1v) is 10.1. The lowest BCUT2D eigenvalue weighted by Crippen LogP contribution is -2.38. The summed E-state index contributed by atoms with van der Waals surface area (Å²) in [5.41, 5.74) is 1.94. The molecular formula is C19H22N2O4S. The van der Waals surface area contributed by atoms with Crippen LogP contribution in [0.4, 0.5) is 5.69 Å². The Balaban J connectivity index is 1.69. The van der Waals surface area contributed by atoms with Gasteiger partial charge in [0.15, 0.2) is 0 Å². The fourth-order valence-electron chi connectivity index (χ4n) is 2.91. The molecule has 1 amide bonds. The van der Waals surface area contributed by atoms with Gasteiger partial charge in [-0.1, -0.05) is 18.2 Å². The van der Waals surface area contributed by atoms with Crippen molar-refractivity contribution >= 4 is 21.6 Å². The third kappa shape index (κ3) is 4.16. The molecule has 26 heavy (non-hydrogen) atoms. The molecule has 0 unspecified atom stereocenters. The zero-order valence-corrected chi connectivity index (χ0v) is 15.5. The van der Waals surface area contributed by atoms with Crippen LogP contribution >= 0.6 is 0 Å². The molecule has 0 aliphatic carbocycles. The van der Waals surface area contributed by atoms with Crippen LogP contribution in [0, 0.1) is 0 Å². The number of carbonyl (C=O) groups excluding carboxylic acids is 1. The number of sulfonamides is 1. The minimum absolute atomic E-state index is 0.154. The SMILES string of the molecule is COc1ccc(CNC(=O)c2cccc(N3CCCCS3(=O)=O)c2)cc1. The summed E-state index contributed by atoms with van der Waals surface area (Å²) >= 11 is 0. The van der Waals surface area contributed by atoms with Crippen LogP contribution in [0.2, 0.25) is 0 Å². The number of nitrogens with zero attached hydrogens (tertiary/aromatic N) is 1. The van der Waals surface area contributed by atoms with Crippen molar-refractivity contribution in [3.8, 4) is 5.75 Å². The summed E-state index contributed by atoms with van der Waals surface area (Å²) < 4.78 is 31.0. The zero-order valence-electron chi connectivity index (χ0n) is 14.6. The molecule has 0 radical (unpaired) electrons. The molecule has 2 aromatic rings. The molecule has 0 bridgehead atoms. The normalized spacial score (nSPS) is 16.1. The Labute approximate surface area is 153 Å². The molecule has 7 heteroatoms. The maximum atomic E-state index is 12.4. The summed E-state index contributed by atoms with van der Waals surface area (Å²) in [6.07, 6.45) is 1.51. The molecule has 0 atom stereocenters. The van der Waals surface area contributed by atoms with Crippen molar-refractivity contribution in [1.82, 2.24) is 5.32 Å². The van der Waals surface area contributed by atoms with Crippen LogP contribution in [0.5, 0.6) is 5.75 Å². The van der Waals surface area contributed by atoms with Crippen LogP contribution in [0.15, 0.2) is 48.5 Å². The standard InChI is InChI=1S/C19H22N2O4S/c1-25-18-9-7-15(8-10-18)14-20-19(22)16-5-4-6-17(13-16)21-11-2-3-12-26(21,23)24/h4-10,13H,2-3,11-12,14H2,1H3,(H,20,22). The first-order chi connectivity index (χ1) is 12.5. The highest BCUT2D eigenvalue weighted by Crippen LogP contribution is 2.24. The van der Waals surface area contributed by atoms with E-state index in [4.69, 9.17) is 4.74 Å². The molecule has 1 heterocycles. The average Bonchev–Trinajstić information content (AvgIpc) is 2.66. The lowest BCUT2D eigenvalue weighted by molar-refractivity contribution is 0.0951. The third-order valence-electron chi connectivity index (χ3n) is 4.36. The molecule has 3 rings (SSSR count). The minimum atomic E-state index is -3.29. The summed E-state index contributed by atoms with van der Waals surface area (Å²) in [6, 6.07) is 14.2. The van der Waals surface area contributed by atoms with Gasteiger partial charge in [0.05, 0.1) is 18.6 Å². The average molecular weight is 374 g/mol. The molecule has 0 saturated carbocycles. The number of benzene rings is 2. The van der Waals surface area contributed by atoms with E-state index in [9.17, 15) is 13.2 Å². The Kier molecular flexibility index (Phi) is 5.46. The van der Waals surface area contributed by atoms with Gasteiger partial charge in [0.1, 0.15) is 5.75 Å². The molecule has 1 fully saturated rings. The fourth-order valence-corrected chi connectivity index (χ4v) is 4.54. The van der Waals surface area contributed by atoms with E-state index in [1.54, 1.807) is 31.4 Å². The van der Waals surface area contributed by atoms with E-state index < -0.39 is 10.0 Å². The summed E-state index contributed by atoms with van der Waals surface area (Å²) in [6.45, 7) is 0.842. The minimum Gasteiger partial charge on any atom is -0.497 e. The monoisotopic (exact) mass is 374 g/mol. The number of anilines is 1. The second-order valence-electron chi connectivity index (χ2n) is 6.18. The van der Waals surface area contributed by atoms with Gasteiger partial charge in [-0.25, -0.2) is 8.42 Å². The maximum Gasteiger partial charge on any atom is 0.251 e. The van der Waals surface area contributed by atoms with Crippen molar-refractivity contribution in [2.75, 3.05) is 23.7 Å². The highest BCUT2D eigenvalue weighted by atomic mass is 32.2. The van der Waals surface area contributed by atoms with E-state index in [-0.39, 0.29) is 11.7 Å². The van der Waals surface area contributed by atoms with E-state index in [1.807, 2.05) is 24.3 Å².